The van der Waals surface area contributed by atoms with Crippen LogP contribution in [0.5, 0.6) is 0 Å². The van der Waals surface area contributed by atoms with Crippen LogP contribution < -0.4 is 5.32 Å². The van der Waals surface area contributed by atoms with Gasteiger partial charge >= 0.3 is 0 Å². The van der Waals surface area contributed by atoms with E-state index < -0.39 is 6.04 Å². The minimum absolute atomic E-state index is 0.0191. The van der Waals surface area contributed by atoms with E-state index in [0.717, 1.165) is 34.2 Å². The van der Waals surface area contributed by atoms with E-state index in [4.69, 9.17) is 0 Å². The predicted molar refractivity (Wildman–Crippen MR) is 123 cm³/mol. The van der Waals surface area contributed by atoms with Crippen LogP contribution >= 0.6 is 0 Å². The molecular formula is C26H36N2O2. The monoisotopic (exact) mass is 408 g/mol. The van der Waals surface area contributed by atoms with Crippen molar-refractivity contribution in [3.8, 4) is 0 Å². The highest BCUT2D eigenvalue weighted by molar-refractivity contribution is 5.88. The van der Waals surface area contributed by atoms with Gasteiger partial charge in [0.2, 0.25) is 11.8 Å². The first kappa shape index (κ1) is 23.7. The molecule has 0 heterocycles. The summed E-state index contributed by atoms with van der Waals surface area (Å²) in [6.45, 7) is 12.6. The molecule has 4 nitrogen and oxygen atoms in total. The maximum absolute atomic E-state index is 13.5. The average Bonchev–Trinajstić information content (AvgIpc) is 2.68. The van der Waals surface area contributed by atoms with Gasteiger partial charge in [0.05, 0.1) is 6.42 Å². The molecule has 4 heteroatoms. The standard InChI is InChI=1S/C26H36N2O2/c1-7-21(6)27-26(30)24(8-2)28(17-23-12-10-9-11-20(23)5)25(29)16-22-14-18(3)13-19(4)15-22/h9-15,21,24H,7-8,16-17H2,1-6H3,(H,27,30)/t21-,24+/m1/s1. The van der Waals surface area contributed by atoms with Crippen LogP contribution in [0.4, 0.5) is 0 Å². The van der Waals surface area contributed by atoms with Gasteiger partial charge < -0.3 is 10.2 Å². The smallest absolute Gasteiger partial charge is 0.243 e. The summed E-state index contributed by atoms with van der Waals surface area (Å²) in [7, 11) is 0. The number of aryl methyl sites for hydroxylation is 3. The van der Waals surface area contributed by atoms with E-state index in [-0.39, 0.29) is 17.9 Å². The Hall–Kier alpha value is -2.62. The summed E-state index contributed by atoms with van der Waals surface area (Å²) in [5, 5.41) is 3.07. The molecule has 0 radical (unpaired) electrons. The van der Waals surface area contributed by atoms with E-state index in [2.05, 4.69) is 23.5 Å². The Morgan fingerprint density at radius 2 is 1.60 bits per heavy atom. The molecule has 0 aromatic heterocycles. The molecule has 30 heavy (non-hydrogen) atoms. The quantitative estimate of drug-likeness (QED) is 0.643. The molecule has 2 rings (SSSR count). The number of carbonyl (C=O) groups is 2. The molecule has 0 fully saturated rings. The molecule has 0 aliphatic rings. The lowest BCUT2D eigenvalue weighted by atomic mass is 10.0. The number of rotatable bonds is 9. The van der Waals surface area contributed by atoms with Crippen molar-refractivity contribution in [3.63, 3.8) is 0 Å². The number of amides is 2. The summed E-state index contributed by atoms with van der Waals surface area (Å²) >= 11 is 0. The highest BCUT2D eigenvalue weighted by Crippen LogP contribution is 2.18. The van der Waals surface area contributed by atoms with E-state index in [1.807, 2.05) is 65.8 Å². The SMILES string of the molecule is CC[C@@H](C)NC(=O)[C@H](CC)N(Cc1ccccc1C)C(=O)Cc1cc(C)cc(C)c1. The van der Waals surface area contributed by atoms with Gasteiger partial charge in [-0.15, -0.1) is 0 Å². The molecule has 162 valence electrons. The van der Waals surface area contributed by atoms with Gasteiger partial charge in [-0.3, -0.25) is 9.59 Å². The molecule has 1 N–H and O–H groups in total. The van der Waals surface area contributed by atoms with Gasteiger partial charge in [-0.2, -0.15) is 0 Å². The maximum Gasteiger partial charge on any atom is 0.243 e. The molecule has 2 atom stereocenters. The molecule has 0 spiro atoms. The van der Waals surface area contributed by atoms with Crippen LogP contribution in [0.2, 0.25) is 0 Å². The second kappa shape index (κ2) is 11.0. The lowest BCUT2D eigenvalue weighted by Crippen LogP contribution is -2.51. The second-order valence-corrected chi connectivity index (χ2v) is 8.36. The zero-order valence-electron chi connectivity index (χ0n) is 19.3. The lowest BCUT2D eigenvalue weighted by molar-refractivity contribution is -0.141. The van der Waals surface area contributed by atoms with E-state index in [1.165, 1.54) is 0 Å². The summed E-state index contributed by atoms with van der Waals surface area (Å²) in [4.78, 5) is 28.2. The van der Waals surface area contributed by atoms with Crippen LogP contribution in [-0.4, -0.2) is 28.8 Å². The van der Waals surface area contributed by atoms with E-state index in [1.54, 1.807) is 4.90 Å². The molecule has 2 aromatic carbocycles. The van der Waals surface area contributed by atoms with Crippen molar-refractivity contribution < 1.29 is 9.59 Å². The normalized spacial score (nSPS) is 12.9. The Morgan fingerprint density at radius 1 is 0.967 bits per heavy atom. The van der Waals surface area contributed by atoms with Gasteiger partial charge in [0.15, 0.2) is 0 Å². The van der Waals surface area contributed by atoms with E-state index in [0.29, 0.717) is 19.4 Å². The average molecular weight is 409 g/mol. The van der Waals surface area contributed by atoms with Gasteiger partial charge in [0.1, 0.15) is 6.04 Å². The van der Waals surface area contributed by atoms with Crippen molar-refractivity contribution in [1.82, 2.24) is 10.2 Å². The molecule has 0 saturated carbocycles. The number of carbonyl (C=O) groups excluding carboxylic acids is 2. The van der Waals surface area contributed by atoms with Crippen LogP contribution in [0, 0.1) is 20.8 Å². The summed E-state index contributed by atoms with van der Waals surface area (Å²) in [5.41, 5.74) is 5.47. The second-order valence-electron chi connectivity index (χ2n) is 8.36. The summed E-state index contributed by atoms with van der Waals surface area (Å²) in [6.07, 6.45) is 1.73. The van der Waals surface area contributed by atoms with Crippen molar-refractivity contribution in [2.75, 3.05) is 0 Å². The Kier molecular flexibility index (Phi) is 8.64. The molecule has 0 bridgehead atoms. The molecule has 0 aliphatic carbocycles. The van der Waals surface area contributed by atoms with Crippen LogP contribution in [0.3, 0.4) is 0 Å². The fourth-order valence-electron chi connectivity index (χ4n) is 3.78. The molecular weight excluding hydrogens is 372 g/mol. The molecule has 2 aromatic rings. The molecule has 0 unspecified atom stereocenters. The van der Waals surface area contributed by atoms with Gasteiger partial charge in [-0.1, -0.05) is 67.4 Å². The Labute approximate surface area is 181 Å². The van der Waals surface area contributed by atoms with Crippen LogP contribution in [0.1, 0.15) is 61.4 Å². The number of hydrogen-bond acceptors (Lipinski definition) is 2. The third-order valence-electron chi connectivity index (χ3n) is 5.63. The van der Waals surface area contributed by atoms with Crippen molar-refractivity contribution in [1.29, 1.82) is 0 Å². The Morgan fingerprint density at radius 3 is 2.17 bits per heavy atom. The predicted octanol–water partition coefficient (Wildman–Crippen LogP) is 4.88. The Bertz CT molecular complexity index is 855. The fourth-order valence-corrected chi connectivity index (χ4v) is 3.78. The lowest BCUT2D eigenvalue weighted by Gasteiger charge is -2.32. The molecule has 0 aliphatic heterocycles. The minimum Gasteiger partial charge on any atom is -0.352 e. The number of nitrogens with one attached hydrogen (secondary N) is 1. The third-order valence-corrected chi connectivity index (χ3v) is 5.63. The molecule has 0 saturated heterocycles. The largest absolute Gasteiger partial charge is 0.352 e. The van der Waals surface area contributed by atoms with Gasteiger partial charge in [-0.25, -0.2) is 0 Å². The first-order valence-corrected chi connectivity index (χ1v) is 11.0. The zero-order chi connectivity index (χ0) is 22.3. The van der Waals surface area contributed by atoms with Crippen LogP contribution in [0.15, 0.2) is 42.5 Å². The van der Waals surface area contributed by atoms with Crippen molar-refractivity contribution in [2.45, 2.75) is 79.4 Å². The summed E-state index contributed by atoms with van der Waals surface area (Å²) < 4.78 is 0. The van der Waals surface area contributed by atoms with Crippen molar-refractivity contribution in [2.24, 2.45) is 0 Å². The van der Waals surface area contributed by atoms with E-state index >= 15 is 0 Å². The van der Waals surface area contributed by atoms with Crippen LogP contribution in [0.25, 0.3) is 0 Å². The van der Waals surface area contributed by atoms with Crippen molar-refractivity contribution in [3.05, 3.63) is 70.3 Å². The summed E-state index contributed by atoms with van der Waals surface area (Å²) in [5.74, 6) is -0.0939. The van der Waals surface area contributed by atoms with Gasteiger partial charge in [-0.05, 0) is 57.2 Å². The first-order chi connectivity index (χ1) is 14.2. The maximum atomic E-state index is 13.5. The molecule has 2 amide bonds. The summed E-state index contributed by atoms with van der Waals surface area (Å²) in [6, 6.07) is 13.9. The van der Waals surface area contributed by atoms with Gasteiger partial charge in [0.25, 0.3) is 0 Å². The van der Waals surface area contributed by atoms with E-state index in [9.17, 15) is 9.59 Å². The van der Waals surface area contributed by atoms with Crippen molar-refractivity contribution >= 4 is 11.8 Å². The topological polar surface area (TPSA) is 49.4 Å². The zero-order valence-corrected chi connectivity index (χ0v) is 19.3. The third kappa shape index (κ3) is 6.45. The van der Waals surface area contributed by atoms with Gasteiger partial charge in [0, 0.05) is 12.6 Å². The highest BCUT2D eigenvalue weighted by Gasteiger charge is 2.29. The number of hydrogen-bond donors (Lipinski definition) is 1. The van der Waals surface area contributed by atoms with Crippen LogP contribution in [-0.2, 0) is 22.6 Å². The number of nitrogens with zero attached hydrogens (tertiary/aromatic N) is 1. The highest BCUT2D eigenvalue weighted by atomic mass is 16.2. The fraction of sp³-hybridized carbons (Fsp3) is 0.462. The minimum atomic E-state index is -0.489. The Balaban J connectivity index is 2.34. The number of benzene rings is 2. The first-order valence-electron chi connectivity index (χ1n) is 11.0.